The molecule has 2 atom stereocenters. The first kappa shape index (κ1) is 11.0. The monoisotopic (exact) mass is 194 g/mol. The number of hydrogen-bond acceptors (Lipinski definition) is 3. The summed E-state index contributed by atoms with van der Waals surface area (Å²) in [5, 5.41) is 9.37. The Morgan fingerprint density at radius 2 is 2.00 bits per heavy atom. The van der Waals surface area contributed by atoms with E-state index in [2.05, 4.69) is 0 Å². The molecule has 3 nitrogen and oxygen atoms in total. The van der Waals surface area contributed by atoms with Crippen LogP contribution in [0.4, 0.5) is 5.69 Å². The molecule has 1 aromatic rings. The van der Waals surface area contributed by atoms with Crippen LogP contribution in [-0.2, 0) is 0 Å². The summed E-state index contributed by atoms with van der Waals surface area (Å²) < 4.78 is 0. The average Bonchev–Trinajstić information content (AvgIpc) is 2.16. The fourth-order valence-electron chi connectivity index (χ4n) is 1.29. The van der Waals surface area contributed by atoms with Crippen LogP contribution >= 0.6 is 0 Å². The molecule has 0 aromatic heterocycles. The second-order valence-corrected chi connectivity index (χ2v) is 3.76. The van der Waals surface area contributed by atoms with E-state index in [1.54, 1.807) is 6.92 Å². The summed E-state index contributed by atoms with van der Waals surface area (Å²) in [5.41, 5.74) is 7.90. The third-order valence-corrected chi connectivity index (χ3v) is 2.29. The third kappa shape index (κ3) is 2.47. The Labute approximate surface area is 85.2 Å². The van der Waals surface area contributed by atoms with Gasteiger partial charge in [0.2, 0.25) is 0 Å². The molecule has 3 N–H and O–H groups in total. The highest BCUT2D eigenvalue weighted by Crippen LogP contribution is 2.19. The van der Waals surface area contributed by atoms with Gasteiger partial charge in [-0.15, -0.1) is 0 Å². The van der Waals surface area contributed by atoms with E-state index in [1.165, 1.54) is 0 Å². The minimum Gasteiger partial charge on any atom is -0.391 e. The van der Waals surface area contributed by atoms with Crippen molar-refractivity contribution in [3.8, 4) is 0 Å². The Morgan fingerprint density at radius 1 is 1.36 bits per heavy atom. The van der Waals surface area contributed by atoms with Gasteiger partial charge in [-0.1, -0.05) is 12.1 Å². The molecular weight excluding hydrogens is 176 g/mol. The molecular formula is C11H18N2O. The van der Waals surface area contributed by atoms with Crippen molar-refractivity contribution < 1.29 is 5.11 Å². The Morgan fingerprint density at radius 3 is 2.50 bits per heavy atom. The smallest absolute Gasteiger partial charge is 0.0704 e. The van der Waals surface area contributed by atoms with E-state index in [9.17, 15) is 5.11 Å². The number of rotatable bonds is 3. The topological polar surface area (TPSA) is 49.5 Å². The number of aliphatic hydroxyl groups excluding tert-OH is 1. The van der Waals surface area contributed by atoms with Crippen LogP contribution in [0.5, 0.6) is 0 Å². The number of nitrogens with two attached hydrogens (primary N) is 1. The van der Waals surface area contributed by atoms with Gasteiger partial charge in [0.05, 0.1) is 12.1 Å². The molecule has 0 amide bonds. The van der Waals surface area contributed by atoms with Crippen molar-refractivity contribution in [1.29, 1.82) is 0 Å². The van der Waals surface area contributed by atoms with Crippen molar-refractivity contribution in [2.45, 2.75) is 19.1 Å². The molecule has 0 aliphatic carbocycles. The maximum atomic E-state index is 9.37. The first-order chi connectivity index (χ1) is 6.52. The van der Waals surface area contributed by atoms with Crippen LogP contribution in [0.25, 0.3) is 0 Å². The Bertz CT molecular complexity index is 297. The van der Waals surface area contributed by atoms with E-state index in [0.717, 1.165) is 11.3 Å². The number of nitrogens with zero attached hydrogens (tertiary/aromatic N) is 1. The number of aliphatic hydroxyl groups is 1. The van der Waals surface area contributed by atoms with Gasteiger partial charge in [0.25, 0.3) is 0 Å². The minimum absolute atomic E-state index is 0.310. The molecule has 0 bridgehead atoms. The fourth-order valence-corrected chi connectivity index (χ4v) is 1.29. The van der Waals surface area contributed by atoms with Gasteiger partial charge in [-0.3, -0.25) is 0 Å². The van der Waals surface area contributed by atoms with Gasteiger partial charge in [-0.2, -0.15) is 0 Å². The highest BCUT2D eigenvalue weighted by molar-refractivity contribution is 5.47. The lowest BCUT2D eigenvalue weighted by Crippen LogP contribution is -2.23. The standard InChI is InChI=1S/C11H18N2O/c1-8(14)11(12)9-5-4-6-10(7-9)13(2)3/h4-8,11,14H,12H2,1-3H3/t8-,11-/m1/s1. The first-order valence-electron chi connectivity index (χ1n) is 4.73. The predicted octanol–water partition coefficient (Wildman–Crippen LogP) is 1.13. The van der Waals surface area contributed by atoms with E-state index in [1.807, 2.05) is 43.3 Å². The molecule has 1 aromatic carbocycles. The molecule has 0 saturated heterocycles. The molecule has 0 heterocycles. The Balaban J connectivity index is 2.93. The summed E-state index contributed by atoms with van der Waals surface area (Å²) in [6, 6.07) is 7.59. The average molecular weight is 194 g/mol. The third-order valence-electron chi connectivity index (χ3n) is 2.29. The van der Waals surface area contributed by atoms with Crippen molar-refractivity contribution in [1.82, 2.24) is 0 Å². The molecule has 0 fully saturated rings. The van der Waals surface area contributed by atoms with Gasteiger partial charge in [-0.05, 0) is 24.6 Å². The fraction of sp³-hybridized carbons (Fsp3) is 0.455. The lowest BCUT2D eigenvalue weighted by molar-refractivity contribution is 0.164. The highest BCUT2D eigenvalue weighted by Gasteiger charge is 2.12. The van der Waals surface area contributed by atoms with Crippen LogP contribution in [-0.4, -0.2) is 25.3 Å². The maximum Gasteiger partial charge on any atom is 0.0704 e. The van der Waals surface area contributed by atoms with Crippen LogP contribution < -0.4 is 10.6 Å². The lowest BCUT2D eigenvalue weighted by atomic mass is 10.0. The van der Waals surface area contributed by atoms with Crippen LogP contribution in [0, 0.1) is 0 Å². The van der Waals surface area contributed by atoms with Crippen molar-refractivity contribution in [3.05, 3.63) is 29.8 Å². The Hall–Kier alpha value is -1.06. The molecule has 78 valence electrons. The van der Waals surface area contributed by atoms with E-state index in [0.29, 0.717) is 0 Å². The van der Waals surface area contributed by atoms with Crippen LogP contribution in [0.1, 0.15) is 18.5 Å². The van der Waals surface area contributed by atoms with Gasteiger partial charge >= 0.3 is 0 Å². The number of benzene rings is 1. The van der Waals surface area contributed by atoms with E-state index >= 15 is 0 Å². The first-order valence-corrected chi connectivity index (χ1v) is 4.73. The zero-order valence-electron chi connectivity index (χ0n) is 8.94. The zero-order valence-corrected chi connectivity index (χ0v) is 8.94. The SMILES string of the molecule is C[C@@H](O)[C@@H](N)c1cccc(N(C)C)c1. The van der Waals surface area contributed by atoms with Crippen molar-refractivity contribution >= 4 is 5.69 Å². The van der Waals surface area contributed by atoms with Gasteiger partial charge in [0.15, 0.2) is 0 Å². The van der Waals surface area contributed by atoms with Gasteiger partial charge in [0, 0.05) is 19.8 Å². The summed E-state index contributed by atoms with van der Waals surface area (Å²) in [6.07, 6.45) is -0.521. The lowest BCUT2D eigenvalue weighted by Gasteiger charge is -2.18. The maximum absolute atomic E-state index is 9.37. The van der Waals surface area contributed by atoms with Gasteiger partial charge in [0.1, 0.15) is 0 Å². The molecule has 0 saturated carbocycles. The van der Waals surface area contributed by atoms with Crippen molar-refractivity contribution in [3.63, 3.8) is 0 Å². The van der Waals surface area contributed by atoms with Gasteiger partial charge in [-0.25, -0.2) is 0 Å². The second kappa shape index (κ2) is 4.44. The molecule has 14 heavy (non-hydrogen) atoms. The summed E-state index contributed by atoms with van der Waals surface area (Å²) in [5.74, 6) is 0. The predicted molar refractivity (Wildman–Crippen MR) is 59.4 cm³/mol. The molecule has 3 heteroatoms. The van der Waals surface area contributed by atoms with E-state index < -0.39 is 6.10 Å². The molecule has 0 aliphatic heterocycles. The number of hydrogen-bond donors (Lipinski definition) is 2. The van der Waals surface area contributed by atoms with Crippen LogP contribution in [0.15, 0.2) is 24.3 Å². The molecule has 0 unspecified atom stereocenters. The minimum atomic E-state index is -0.521. The molecule has 0 aliphatic rings. The summed E-state index contributed by atoms with van der Waals surface area (Å²) >= 11 is 0. The normalized spacial score (nSPS) is 14.9. The molecule has 0 radical (unpaired) electrons. The molecule has 0 spiro atoms. The molecule has 1 rings (SSSR count). The summed E-state index contributed by atoms with van der Waals surface area (Å²) in [4.78, 5) is 2.01. The zero-order chi connectivity index (χ0) is 10.7. The summed E-state index contributed by atoms with van der Waals surface area (Å²) in [7, 11) is 3.96. The van der Waals surface area contributed by atoms with Crippen molar-refractivity contribution in [2.24, 2.45) is 5.73 Å². The van der Waals surface area contributed by atoms with Crippen LogP contribution in [0.3, 0.4) is 0 Å². The van der Waals surface area contributed by atoms with Crippen LogP contribution in [0.2, 0.25) is 0 Å². The quantitative estimate of drug-likeness (QED) is 0.758. The largest absolute Gasteiger partial charge is 0.391 e. The van der Waals surface area contributed by atoms with E-state index in [-0.39, 0.29) is 6.04 Å². The number of anilines is 1. The second-order valence-electron chi connectivity index (χ2n) is 3.76. The van der Waals surface area contributed by atoms with E-state index in [4.69, 9.17) is 5.73 Å². The highest BCUT2D eigenvalue weighted by atomic mass is 16.3. The summed E-state index contributed by atoms with van der Waals surface area (Å²) in [6.45, 7) is 1.70. The van der Waals surface area contributed by atoms with Crippen molar-refractivity contribution in [2.75, 3.05) is 19.0 Å². The van der Waals surface area contributed by atoms with Gasteiger partial charge < -0.3 is 15.7 Å². The Kier molecular flexibility index (Phi) is 3.49.